The molecule has 1 atom stereocenters. The van der Waals surface area contributed by atoms with Crippen LogP contribution in [-0.4, -0.2) is 46.2 Å². The van der Waals surface area contributed by atoms with E-state index in [9.17, 15) is 18.8 Å². The second-order valence-corrected chi connectivity index (χ2v) is 9.27. The standard InChI is InChI=1S/C28H25FN4O5/c1-4-23(34)32-27(36)28(2,15-33-14-17-7-9-21(37-3)25(29)24(17)26(33)35)22-12-19-20(38-22)10-8-18(31-19)16-6-5-11-30-13-16/h5-13H,4,14-15H2,1-3H3,(H,32,34,36)/t28-/m1/s1. The van der Waals surface area contributed by atoms with Gasteiger partial charge in [-0.05, 0) is 42.8 Å². The number of nitrogens with zero attached hydrogens (tertiary/aromatic N) is 3. The molecule has 0 spiro atoms. The van der Waals surface area contributed by atoms with Gasteiger partial charge in [0.25, 0.3) is 5.91 Å². The molecule has 1 aliphatic heterocycles. The van der Waals surface area contributed by atoms with Gasteiger partial charge in [0.15, 0.2) is 17.1 Å². The Hall–Kier alpha value is -4.60. The van der Waals surface area contributed by atoms with Crippen LogP contribution >= 0.6 is 0 Å². The number of carbonyl (C=O) groups is 3. The Morgan fingerprint density at radius 1 is 1.24 bits per heavy atom. The molecule has 1 aromatic carbocycles. The zero-order valence-electron chi connectivity index (χ0n) is 21.1. The first-order valence-corrected chi connectivity index (χ1v) is 12.1. The molecule has 0 unspecified atom stereocenters. The number of imide groups is 1. The molecular formula is C28H25FN4O5. The smallest absolute Gasteiger partial charge is 0.257 e. The molecular weight excluding hydrogens is 491 g/mol. The zero-order valence-corrected chi connectivity index (χ0v) is 21.1. The maximum Gasteiger partial charge on any atom is 0.257 e. The second-order valence-electron chi connectivity index (χ2n) is 9.27. The predicted molar refractivity (Wildman–Crippen MR) is 136 cm³/mol. The first-order chi connectivity index (χ1) is 18.2. The molecule has 4 heterocycles. The van der Waals surface area contributed by atoms with E-state index in [-0.39, 0.29) is 36.6 Å². The van der Waals surface area contributed by atoms with Crippen molar-refractivity contribution in [2.24, 2.45) is 0 Å². The first kappa shape index (κ1) is 25.1. The van der Waals surface area contributed by atoms with Crippen molar-refractivity contribution in [2.45, 2.75) is 32.2 Å². The molecule has 4 aromatic rings. The fourth-order valence-electron chi connectivity index (χ4n) is 4.55. The molecule has 0 aliphatic carbocycles. The molecule has 10 heteroatoms. The predicted octanol–water partition coefficient (Wildman–Crippen LogP) is 4.00. The Balaban J connectivity index is 1.53. The molecule has 1 aliphatic rings. The average molecular weight is 517 g/mol. The Morgan fingerprint density at radius 3 is 2.76 bits per heavy atom. The van der Waals surface area contributed by atoms with E-state index < -0.39 is 29.0 Å². The van der Waals surface area contributed by atoms with Gasteiger partial charge in [0.05, 0.1) is 18.4 Å². The van der Waals surface area contributed by atoms with Crippen LogP contribution in [0, 0.1) is 5.82 Å². The topological polar surface area (TPSA) is 115 Å². The highest BCUT2D eigenvalue weighted by molar-refractivity contribution is 6.02. The van der Waals surface area contributed by atoms with Gasteiger partial charge in [-0.15, -0.1) is 0 Å². The van der Waals surface area contributed by atoms with E-state index in [4.69, 9.17) is 9.15 Å². The number of amides is 3. The number of methoxy groups -OCH3 is 1. The number of carbonyl (C=O) groups excluding carboxylic acids is 3. The van der Waals surface area contributed by atoms with Crippen LogP contribution in [0.5, 0.6) is 5.75 Å². The van der Waals surface area contributed by atoms with Gasteiger partial charge < -0.3 is 14.1 Å². The van der Waals surface area contributed by atoms with E-state index >= 15 is 0 Å². The number of hydrogen-bond donors (Lipinski definition) is 1. The number of ether oxygens (including phenoxy) is 1. The summed E-state index contributed by atoms with van der Waals surface area (Å²) in [6.45, 7) is 3.13. The Bertz CT molecular complexity index is 1570. The van der Waals surface area contributed by atoms with Gasteiger partial charge in [0, 0.05) is 43.5 Å². The van der Waals surface area contributed by atoms with Gasteiger partial charge >= 0.3 is 0 Å². The first-order valence-electron chi connectivity index (χ1n) is 12.1. The minimum absolute atomic E-state index is 0.0409. The zero-order chi connectivity index (χ0) is 27.0. The lowest BCUT2D eigenvalue weighted by atomic mass is 9.85. The van der Waals surface area contributed by atoms with Crippen LogP contribution in [0.15, 0.2) is 59.3 Å². The summed E-state index contributed by atoms with van der Waals surface area (Å²) in [6, 6.07) is 11.9. The largest absolute Gasteiger partial charge is 0.494 e. The molecule has 194 valence electrons. The number of rotatable bonds is 7. The number of benzene rings is 1. The summed E-state index contributed by atoms with van der Waals surface area (Å²) < 4.78 is 26.0. The summed E-state index contributed by atoms with van der Waals surface area (Å²) in [4.78, 5) is 49.0. The molecule has 38 heavy (non-hydrogen) atoms. The minimum Gasteiger partial charge on any atom is -0.494 e. The molecule has 5 rings (SSSR count). The molecule has 3 amide bonds. The molecule has 0 radical (unpaired) electrons. The summed E-state index contributed by atoms with van der Waals surface area (Å²) in [5.74, 6) is -2.27. The summed E-state index contributed by atoms with van der Waals surface area (Å²) in [7, 11) is 1.32. The molecule has 0 saturated carbocycles. The number of pyridine rings is 2. The number of halogens is 1. The van der Waals surface area contributed by atoms with E-state index in [1.54, 1.807) is 56.6 Å². The number of furan rings is 1. The monoisotopic (exact) mass is 516 g/mol. The quantitative estimate of drug-likeness (QED) is 0.395. The third kappa shape index (κ3) is 4.27. The highest BCUT2D eigenvalue weighted by Crippen LogP contribution is 2.36. The van der Waals surface area contributed by atoms with E-state index in [1.807, 2.05) is 6.07 Å². The highest BCUT2D eigenvalue weighted by Gasteiger charge is 2.44. The van der Waals surface area contributed by atoms with Gasteiger partial charge in [-0.25, -0.2) is 9.37 Å². The van der Waals surface area contributed by atoms with Crippen molar-refractivity contribution < 1.29 is 27.9 Å². The number of aromatic nitrogens is 2. The summed E-state index contributed by atoms with van der Waals surface area (Å²) in [5.41, 5.74) is 1.30. The lowest BCUT2D eigenvalue weighted by molar-refractivity contribution is -0.134. The van der Waals surface area contributed by atoms with Gasteiger partial charge in [-0.2, -0.15) is 0 Å². The van der Waals surface area contributed by atoms with E-state index in [0.29, 0.717) is 22.4 Å². The van der Waals surface area contributed by atoms with Gasteiger partial charge in [-0.3, -0.25) is 24.7 Å². The van der Waals surface area contributed by atoms with E-state index in [2.05, 4.69) is 15.3 Å². The van der Waals surface area contributed by atoms with Gasteiger partial charge in [0.1, 0.15) is 16.7 Å². The van der Waals surface area contributed by atoms with Crippen LogP contribution in [-0.2, 0) is 21.5 Å². The fraction of sp³-hybridized carbons (Fsp3) is 0.250. The fourth-order valence-corrected chi connectivity index (χ4v) is 4.55. The maximum atomic E-state index is 14.9. The molecule has 0 fully saturated rings. The van der Waals surface area contributed by atoms with Crippen molar-refractivity contribution in [3.63, 3.8) is 0 Å². The van der Waals surface area contributed by atoms with Crippen molar-refractivity contribution in [2.75, 3.05) is 13.7 Å². The third-order valence-corrected chi connectivity index (χ3v) is 6.73. The summed E-state index contributed by atoms with van der Waals surface area (Å²) in [6.07, 6.45) is 3.45. The van der Waals surface area contributed by atoms with E-state index in [0.717, 1.165) is 5.56 Å². The lowest BCUT2D eigenvalue weighted by Gasteiger charge is -2.30. The van der Waals surface area contributed by atoms with Gasteiger partial charge in [-0.1, -0.05) is 13.0 Å². The number of fused-ring (bicyclic) bond motifs is 2. The van der Waals surface area contributed by atoms with Crippen molar-refractivity contribution in [1.82, 2.24) is 20.2 Å². The maximum absolute atomic E-state index is 14.9. The van der Waals surface area contributed by atoms with Crippen molar-refractivity contribution in [3.8, 4) is 17.0 Å². The number of nitrogens with one attached hydrogen (secondary N) is 1. The van der Waals surface area contributed by atoms with Crippen LogP contribution < -0.4 is 10.1 Å². The molecule has 1 N–H and O–H groups in total. The number of hydrogen-bond acceptors (Lipinski definition) is 7. The van der Waals surface area contributed by atoms with Gasteiger partial charge in [0.2, 0.25) is 11.8 Å². The average Bonchev–Trinajstić information content (AvgIpc) is 3.50. The summed E-state index contributed by atoms with van der Waals surface area (Å²) >= 11 is 0. The Morgan fingerprint density at radius 2 is 2.05 bits per heavy atom. The highest BCUT2D eigenvalue weighted by atomic mass is 19.1. The molecule has 3 aromatic heterocycles. The summed E-state index contributed by atoms with van der Waals surface area (Å²) in [5, 5.41) is 2.39. The molecule has 9 nitrogen and oxygen atoms in total. The van der Waals surface area contributed by atoms with Crippen LogP contribution in [0.25, 0.3) is 22.4 Å². The third-order valence-electron chi connectivity index (χ3n) is 6.73. The Kier molecular flexibility index (Phi) is 6.40. The molecule has 0 saturated heterocycles. The van der Waals surface area contributed by atoms with Crippen molar-refractivity contribution >= 4 is 28.8 Å². The SMILES string of the molecule is CCC(=O)NC(=O)[C@](C)(CN1Cc2ccc(OC)c(F)c2C1=O)c1cc2nc(-c3cccnc3)ccc2o1. The second kappa shape index (κ2) is 9.70. The lowest BCUT2D eigenvalue weighted by Crippen LogP contribution is -2.51. The normalized spacial score (nSPS) is 14.3. The van der Waals surface area contributed by atoms with E-state index in [1.165, 1.54) is 18.1 Å². The van der Waals surface area contributed by atoms with Crippen LogP contribution in [0.3, 0.4) is 0 Å². The van der Waals surface area contributed by atoms with Crippen LogP contribution in [0.2, 0.25) is 0 Å². The van der Waals surface area contributed by atoms with Crippen molar-refractivity contribution in [3.05, 3.63) is 77.6 Å². The van der Waals surface area contributed by atoms with Crippen LogP contribution in [0.1, 0.15) is 41.9 Å². The van der Waals surface area contributed by atoms with Crippen LogP contribution in [0.4, 0.5) is 4.39 Å². The van der Waals surface area contributed by atoms with Crippen molar-refractivity contribution in [1.29, 1.82) is 0 Å². The Labute approximate surface area is 217 Å². The minimum atomic E-state index is -1.49. The molecule has 0 bridgehead atoms.